The molecular weight excluding hydrogens is 243 g/mol. The number of carbonyl (C=O) groups is 1. The molecular formula is C13H27KO3. The third-order valence-corrected chi connectivity index (χ3v) is 2.72. The Morgan fingerprint density at radius 2 is 1.29 bits per heavy atom. The van der Waals surface area contributed by atoms with Crippen molar-refractivity contribution < 1.29 is 14.6 Å². The quantitative estimate of drug-likeness (QED) is 0.351. The summed E-state index contributed by atoms with van der Waals surface area (Å²) < 4.78 is 4.43. The molecule has 0 aliphatic heterocycles. The topological polar surface area (TPSA) is 46.5 Å². The molecule has 0 heterocycles. The van der Waals surface area contributed by atoms with Crippen molar-refractivity contribution in [2.75, 3.05) is 6.61 Å². The van der Waals surface area contributed by atoms with Crippen LogP contribution in [0.15, 0.2) is 0 Å². The number of rotatable bonds is 11. The molecule has 0 saturated heterocycles. The van der Waals surface area contributed by atoms with Gasteiger partial charge in [0.1, 0.15) is 0 Å². The van der Waals surface area contributed by atoms with Gasteiger partial charge in [0.15, 0.2) is 0 Å². The van der Waals surface area contributed by atoms with Gasteiger partial charge in [-0.1, -0.05) is 64.7 Å². The minimum absolute atomic E-state index is 0. The number of hydrogen-bond acceptors (Lipinski definition) is 2. The van der Waals surface area contributed by atoms with Crippen molar-refractivity contribution in [3.8, 4) is 0 Å². The zero-order valence-electron chi connectivity index (χ0n) is 10.5. The fourth-order valence-electron chi connectivity index (χ4n) is 1.75. The Balaban J connectivity index is 0. The molecule has 0 radical (unpaired) electrons. The first kappa shape index (κ1) is 20.2. The summed E-state index contributed by atoms with van der Waals surface area (Å²) in [6, 6.07) is 0. The van der Waals surface area contributed by atoms with Crippen molar-refractivity contribution in [1.82, 2.24) is 0 Å². The summed E-state index contributed by atoms with van der Waals surface area (Å²) in [4.78, 5) is 10.0. The van der Waals surface area contributed by atoms with Gasteiger partial charge in [0.25, 0.3) is 0 Å². The molecule has 0 aromatic carbocycles. The summed E-state index contributed by atoms with van der Waals surface area (Å²) in [5.74, 6) is 0. The van der Waals surface area contributed by atoms with Crippen LogP contribution in [0.2, 0.25) is 0 Å². The van der Waals surface area contributed by atoms with E-state index in [1.54, 1.807) is 0 Å². The first-order valence-corrected chi connectivity index (χ1v) is 6.63. The van der Waals surface area contributed by atoms with Crippen LogP contribution in [-0.2, 0) is 4.74 Å². The van der Waals surface area contributed by atoms with Gasteiger partial charge in [0, 0.05) is 0 Å². The van der Waals surface area contributed by atoms with Crippen molar-refractivity contribution >= 4 is 57.5 Å². The van der Waals surface area contributed by atoms with Gasteiger partial charge in [-0.25, -0.2) is 4.79 Å². The molecule has 3 nitrogen and oxygen atoms in total. The predicted octanol–water partition coefficient (Wildman–Crippen LogP) is 3.95. The van der Waals surface area contributed by atoms with Crippen LogP contribution >= 0.6 is 0 Å². The summed E-state index contributed by atoms with van der Waals surface area (Å²) in [7, 11) is 0. The average Bonchev–Trinajstić information content (AvgIpc) is 2.25. The van der Waals surface area contributed by atoms with Gasteiger partial charge in [-0.2, -0.15) is 0 Å². The number of ether oxygens (including phenoxy) is 1. The van der Waals surface area contributed by atoms with Crippen molar-refractivity contribution in [2.24, 2.45) is 0 Å². The third kappa shape index (κ3) is 19.4. The van der Waals surface area contributed by atoms with Crippen LogP contribution in [0.4, 0.5) is 4.79 Å². The molecule has 0 fully saturated rings. The number of unbranched alkanes of at least 4 members (excludes halogenated alkanes) is 9. The van der Waals surface area contributed by atoms with E-state index in [1.807, 2.05) is 0 Å². The van der Waals surface area contributed by atoms with Gasteiger partial charge in [0.2, 0.25) is 0 Å². The molecule has 17 heavy (non-hydrogen) atoms. The molecule has 0 aromatic heterocycles. The Bertz CT molecular complexity index is 163. The Labute approximate surface area is 148 Å². The van der Waals surface area contributed by atoms with Crippen molar-refractivity contribution in [1.29, 1.82) is 0 Å². The normalized spacial score (nSPS) is 9.71. The van der Waals surface area contributed by atoms with Gasteiger partial charge in [-0.05, 0) is 6.42 Å². The van der Waals surface area contributed by atoms with E-state index in [1.165, 1.54) is 51.4 Å². The van der Waals surface area contributed by atoms with E-state index in [0.29, 0.717) is 6.61 Å². The van der Waals surface area contributed by atoms with E-state index in [-0.39, 0.29) is 51.4 Å². The minimum atomic E-state index is -1.16. The van der Waals surface area contributed by atoms with Crippen LogP contribution in [0.5, 0.6) is 0 Å². The SMILES string of the molecule is CCCCCCCCCCCCOC(=O)O.[KH]. The maximum absolute atomic E-state index is 10.0. The van der Waals surface area contributed by atoms with E-state index in [9.17, 15) is 4.79 Å². The molecule has 0 spiro atoms. The summed E-state index contributed by atoms with van der Waals surface area (Å²) in [6.07, 6.45) is 11.4. The second-order valence-corrected chi connectivity index (χ2v) is 4.30. The van der Waals surface area contributed by atoms with Gasteiger partial charge in [0.05, 0.1) is 6.61 Å². The van der Waals surface area contributed by atoms with E-state index < -0.39 is 6.16 Å². The molecule has 0 aliphatic carbocycles. The first-order chi connectivity index (χ1) is 7.77. The van der Waals surface area contributed by atoms with E-state index in [4.69, 9.17) is 5.11 Å². The zero-order chi connectivity index (χ0) is 12.1. The zero-order valence-corrected chi connectivity index (χ0v) is 10.5. The molecule has 0 bridgehead atoms. The van der Waals surface area contributed by atoms with Crippen LogP contribution in [0.1, 0.15) is 71.1 Å². The molecule has 0 amide bonds. The molecule has 0 saturated carbocycles. The molecule has 0 aromatic rings. The molecule has 4 heteroatoms. The van der Waals surface area contributed by atoms with Crippen LogP contribution in [0.25, 0.3) is 0 Å². The average molecular weight is 270 g/mol. The van der Waals surface area contributed by atoms with E-state index in [2.05, 4.69) is 11.7 Å². The summed E-state index contributed by atoms with van der Waals surface area (Å²) in [5.41, 5.74) is 0. The first-order valence-electron chi connectivity index (χ1n) is 6.63. The van der Waals surface area contributed by atoms with Gasteiger partial charge >= 0.3 is 57.5 Å². The fraction of sp³-hybridized carbons (Fsp3) is 0.923. The van der Waals surface area contributed by atoms with Crippen LogP contribution < -0.4 is 0 Å². The Kier molecular flexibility index (Phi) is 20.1. The van der Waals surface area contributed by atoms with Crippen LogP contribution in [-0.4, -0.2) is 69.3 Å². The Hall–Kier alpha value is 0.906. The summed E-state index contributed by atoms with van der Waals surface area (Å²) in [6.45, 7) is 2.59. The van der Waals surface area contributed by atoms with Crippen molar-refractivity contribution in [3.63, 3.8) is 0 Å². The van der Waals surface area contributed by atoms with Gasteiger partial charge in [-0.3, -0.25) is 0 Å². The van der Waals surface area contributed by atoms with E-state index in [0.717, 1.165) is 12.8 Å². The summed E-state index contributed by atoms with van der Waals surface area (Å²) >= 11 is 0. The number of carboxylic acid groups (broad SMARTS) is 1. The number of hydrogen-bond donors (Lipinski definition) is 1. The van der Waals surface area contributed by atoms with Crippen LogP contribution in [0.3, 0.4) is 0 Å². The third-order valence-electron chi connectivity index (χ3n) is 2.72. The predicted molar refractivity (Wildman–Crippen MR) is 73.0 cm³/mol. The molecule has 0 atom stereocenters. The Morgan fingerprint density at radius 3 is 1.71 bits per heavy atom. The van der Waals surface area contributed by atoms with Crippen molar-refractivity contribution in [2.45, 2.75) is 71.1 Å². The van der Waals surface area contributed by atoms with Crippen LogP contribution in [0, 0.1) is 0 Å². The summed E-state index contributed by atoms with van der Waals surface area (Å²) in [5, 5.41) is 8.23. The van der Waals surface area contributed by atoms with Gasteiger partial charge < -0.3 is 9.84 Å². The van der Waals surface area contributed by atoms with E-state index >= 15 is 0 Å². The Morgan fingerprint density at radius 1 is 0.882 bits per heavy atom. The monoisotopic (exact) mass is 270 g/mol. The maximum atomic E-state index is 10.0. The van der Waals surface area contributed by atoms with Crippen molar-refractivity contribution in [3.05, 3.63) is 0 Å². The molecule has 0 aliphatic rings. The molecule has 0 rings (SSSR count). The fourth-order valence-corrected chi connectivity index (χ4v) is 1.75. The molecule has 0 unspecified atom stereocenters. The standard InChI is InChI=1S/C13H26O3.K.H/c1-2-3-4-5-6-7-8-9-10-11-12-16-13(14)15;;/h2-12H2,1H3,(H,14,15);;. The van der Waals surface area contributed by atoms with Gasteiger partial charge in [-0.15, -0.1) is 0 Å². The second kappa shape index (κ2) is 16.9. The second-order valence-electron chi connectivity index (χ2n) is 4.30. The molecule has 1 N–H and O–H groups in total. The molecule has 98 valence electrons.